The van der Waals surface area contributed by atoms with Crippen LogP contribution in [-0.4, -0.2) is 45.5 Å². The number of fused-ring (bicyclic) bond motifs is 1. The predicted molar refractivity (Wildman–Crippen MR) is 87.3 cm³/mol. The number of benzene rings is 1. The van der Waals surface area contributed by atoms with Crippen molar-refractivity contribution in [2.45, 2.75) is 25.4 Å². The summed E-state index contributed by atoms with van der Waals surface area (Å²) in [4.78, 5) is 2.26. The second-order valence-electron chi connectivity index (χ2n) is 5.75. The average Bonchev–Trinajstić information content (AvgIpc) is 3.35. The number of anilines is 1. The monoisotopic (exact) mass is 326 g/mol. The van der Waals surface area contributed by atoms with Gasteiger partial charge in [-0.2, -0.15) is 0 Å². The molecule has 8 nitrogen and oxygen atoms in total. The number of aromatic nitrogens is 5. The average molecular weight is 326 g/mol. The lowest BCUT2D eigenvalue weighted by molar-refractivity contribution is 0.398. The Labute approximate surface area is 139 Å². The summed E-state index contributed by atoms with van der Waals surface area (Å²) in [6, 6.07) is 10.1. The third-order valence-corrected chi connectivity index (χ3v) is 4.17. The van der Waals surface area contributed by atoms with Gasteiger partial charge >= 0.3 is 0 Å². The summed E-state index contributed by atoms with van der Waals surface area (Å²) < 4.78 is 12.3. The van der Waals surface area contributed by atoms with Crippen LogP contribution in [0, 0.1) is 0 Å². The zero-order valence-electron chi connectivity index (χ0n) is 13.6. The number of methoxy groups -OCH3 is 2. The second-order valence-corrected chi connectivity index (χ2v) is 5.75. The van der Waals surface area contributed by atoms with Gasteiger partial charge in [0.1, 0.15) is 11.5 Å². The zero-order chi connectivity index (χ0) is 16.5. The minimum atomic E-state index is 0.474. The summed E-state index contributed by atoms with van der Waals surface area (Å²) in [5.41, 5.74) is 1.69. The highest BCUT2D eigenvalue weighted by molar-refractivity contribution is 5.49. The molecule has 0 N–H and O–H groups in total. The summed E-state index contributed by atoms with van der Waals surface area (Å²) in [7, 11) is 3.34. The Bertz CT molecular complexity index is 861. The van der Waals surface area contributed by atoms with E-state index in [-0.39, 0.29) is 0 Å². The third kappa shape index (κ3) is 2.70. The molecule has 0 aliphatic heterocycles. The van der Waals surface area contributed by atoms with Gasteiger partial charge in [-0.15, -0.1) is 14.8 Å². The molecule has 0 bridgehead atoms. The predicted octanol–water partition coefficient (Wildman–Crippen LogP) is 1.71. The highest BCUT2D eigenvalue weighted by Crippen LogP contribution is 2.34. The Morgan fingerprint density at radius 2 is 2.04 bits per heavy atom. The van der Waals surface area contributed by atoms with Gasteiger partial charge < -0.3 is 14.4 Å². The summed E-state index contributed by atoms with van der Waals surface area (Å²) in [5, 5.41) is 15.9. The Morgan fingerprint density at radius 3 is 2.79 bits per heavy atom. The quantitative estimate of drug-likeness (QED) is 0.682. The topological polar surface area (TPSA) is 77.7 Å². The van der Waals surface area contributed by atoms with Crippen LogP contribution in [0.4, 0.5) is 5.82 Å². The molecule has 0 atom stereocenters. The van der Waals surface area contributed by atoms with E-state index in [4.69, 9.17) is 9.47 Å². The van der Waals surface area contributed by atoms with Crippen LogP contribution in [0.15, 0.2) is 30.3 Å². The second kappa shape index (κ2) is 5.95. The first-order chi connectivity index (χ1) is 11.8. The van der Waals surface area contributed by atoms with Gasteiger partial charge in [0.05, 0.1) is 14.2 Å². The highest BCUT2D eigenvalue weighted by Gasteiger charge is 2.31. The van der Waals surface area contributed by atoms with E-state index >= 15 is 0 Å². The van der Waals surface area contributed by atoms with Crippen molar-refractivity contribution in [1.29, 1.82) is 0 Å². The van der Waals surface area contributed by atoms with E-state index in [2.05, 4.69) is 25.5 Å². The van der Waals surface area contributed by atoms with Gasteiger partial charge in [-0.05, 0) is 53.6 Å². The van der Waals surface area contributed by atoms with E-state index in [1.54, 1.807) is 14.2 Å². The maximum Gasteiger partial charge on any atom is 0.200 e. The number of hydrogen-bond donors (Lipinski definition) is 0. The van der Waals surface area contributed by atoms with Gasteiger partial charge in [0.2, 0.25) is 0 Å². The van der Waals surface area contributed by atoms with E-state index in [0.29, 0.717) is 18.2 Å². The van der Waals surface area contributed by atoms with Crippen molar-refractivity contribution in [3.05, 3.63) is 35.9 Å². The molecule has 0 spiro atoms. The maximum atomic E-state index is 5.50. The lowest BCUT2D eigenvalue weighted by Gasteiger charge is -2.24. The van der Waals surface area contributed by atoms with Gasteiger partial charge in [-0.3, -0.25) is 0 Å². The van der Waals surface area contributed by atoms with Crippen molar-refractivity contribution in [2.75, 3.05) is 19.1 Å². The summed E-state index contributed by atoms with van der Waals surface area (Å²) in [6.45, 7) is 0.686. The molecule has 1 saturated carbocycles. The molecule has 2 heterocycles. The number of tetrazole rings is 1. The van der Waals surface area contributed by atoms with E-state index in [1.165, 1.54) is 4.63 Å². The first kappa shape index (κ1) is 14.7. The van der Waals surface area contributed by atoms with Crippen molar-refractivity contribution in [1.82, 2.24) is 25.3 Å². The van der Waals surface area contributed by atoms with Crippen LogP contribution < -0.4 is 14.4 Å². The fraction of sp³-hybridized carbons (Fsp3) is 0.375. The lowest BCUT2D eigenvalue weighted by atomic mass is 10.1. The van der Waals surface area contributed by atoms with E-state index < -0.39 is 0 Å². The Kier molecular flexibility index (Phi) is 3.64. The third-order valence-electron chi connectivity index (χ3n) is 4.17. The summed E-state index contributed by atoms with van der Waals surface area (Å²) in [6.07, 6.45) is 2.31. The van der Waals surface area contributed by atoms with Crippen molar-refractivity contribution in [2.24, 2.45) is 0 Å². The van der Waals surface area contributed by atoms with Gasteiger partial charge in [-0.25, -0.2) is 0 Å². The van der Waals surface area contributed by atoms with E-state index in [9.17, 15) is 0 Å². The number of ether oxygens (including phenoxy) is 2. The number of rotatable bonds is 6. The fourth-order valence-corrected chi connectivity index (χ4v) is 2.77. The van der Waals surface area contributed by atoms with Crippen LogP contribution in [-0.2, 0) is 6.54 Å². The normalized spacial score (nSPS) is 13.9. The molecule has 8 heteroatoms. The van der Waals surface area contributed by atoms with Gasteiger partial charge in [0, 0.05) is 18.2 Å². The zero-order valence-corrected chi connectivity index (χ0v) is 13.6. The fourth-order valence-electron chi connectivity index (χ4n) is 2.77. The summed E-state index contributed by atoms with van der Waals surface area (Å²) in [5.74, 6) is 2.50. The lowest BCUT2D eigenvalue weighted by Crippen LogP contribution is -2.27. The van der Waals surface area contributed by atoms with Crippen LogP contribution in [0.25, 0.3) is 5.65 Å². The minimum Gasteiger partial charge on any atom is -0.497 e. The molecule has 124 valence electrons. The van der Waals surface area contributed by atoms with Crippen molar-refractivity contribution in [3.8, 4) is 11.5 Å². The van der Waals surface area contributed by atoms with Crippen molar-refractivity contribution >= 4 is 11.5 Å². The first-order valence-electron chi connectivity index (χ1n) is 7.81. The van der Waals surface area contributed by atoms with Crippen LogP contribution in [0.1, 0.15) is 18.4 Å². The van der Waals surface area contributed by atoms with Gasteiger partial charge in [-0.1, -0.05) is 0 Å². The molecule has 2 aromatic heterocycles. The van der Waals surface area contributed by atoms with E-state index in [0.717, 1.165) is 35.7 Å². The molecule has 1 aliphatic rings. The molecule has 3 aromatic rings. The molecule has 1 fully saturated rings. The van der Waals surface area contributed by atoms with Gasteiger partial charge in [0.25, 0.3) is 0 Å². The smallest absolute Gasteiger partial charge is 0.200 e. The number of hydrogen-bond acceptors (Lipinski definition) is 7. The molecule has 0 radical (unpaired) electrons. The SMILES string of the molecule is COc1ccc(OC)c(CN(c2ccc3nnnn3n2)C2CC2)c1. The van der Waals surface area contributed by atoms with Crippen LogP contribution in [0.2, 0.25) is 0 Å². The number of nitrogens with zero attached hydrogens (tertiary/aromatic N) is 6. The van der Waals surface area contributed by atoms with Gasteiger partial charge in [0.15, 0.2) is 11.5 Å². The summed E-state index contributed by atoms with van der Waals surface area (Å²) >= 11 is 0. The Balaban J connectivity index is 1.69. The Hall–Kier alpha value is -2.90. The van der Waals surface area contributed by atoms with Crippen LogP contribution in [0.3, 0.4) is 0 Å². The molecule has 4 rings (SSSR count). The largest absolute Gasteiger partial charge is 0.497 e. The van der Waals surface area contributed by atoms with E-state index in [1.807, 2.05) is 30.3 Å². The molecule has 0 saturated heterocycles. The molecule has 1 aromatic carbocycles. The van der Waals surface area contributed by atoms with Crippen molar-refractivity contribution in [3.63, 3.8) is 0 Å². The molecular formula is C16H18N6O2. The minimum absolute atomic E-state index is 0.474. The Morgan fingerprint density at radius 1 is 1.17 bits per heavy atom. The van der Waals surface area contributed by atoms with Crippen LogP contribution >= 0.6 is 0 Å². The molecule has 0 amide bonds. The molecule has 1 aliphatic carbocycles. The molecule has 24 heavy (non-hydrogen) atoms. The van der Waals surface area contributed by atoms with Crippen molar-refractivity contribution < 1.29 is 9.47 Å². The standard InChI is InChI=1S/C16H18N6O2/c1-23-13-5-6-14(24-2)11(9-13)10-21(12-3-4-12)16-8-7-15-17-19-20-22(15)18-16/h5-9,12H,3-4,10H2,1-2H3. The first-order valence-corrected chi connectivity index (χ1v) is 7.81. The maximum absolute atomic E-state index is 5.50. The molecule has 0 unspecified atom stereocenters. The molecular weight excluding hydrogens is 308 g/mol. The highest BCUT2D eigenvalue weighted by atomic mass is 16.5. The van der Waals surface area contributed by atoms with Crippen LogP contribution in [0.5, 0.6) is 11.5 Å².